The summed E-state index contributed by atoms with van der Waals surface area (Å²) in [6, 6.07) is 14.6. The number of nitrogens with zero attached hydrogens (tertiary/aromatic N) is 4. The van der Waals surface area contributed by atoms with Gasteiger partial charge in [-0.15, -0.1) is 0 Å². The van der Waals surface area contributed by atoms with E-state index >= 15 is 0 Å². The summed E-state index contributed by atoms with van der Waals surface area (Å²) in [7, 11) is 0. The van der Waals surface area contributed by atoms with Crippen molar-refractivity contribution in [3.05, 3.63) is 60.6 Å². The van der Waals surface area contributed by atoms with Crippen LogP contribution in [0, 0.1) is 11.5 Å². The molecule has 3 aromatic rings. The molecule has 1 fully saturated rings. The molecule has 1 unspecified atom stereocenters. The number of fused-ring (bicyclic) bond motifs is 1. The summed E-state index contributed by atoms with van der Waals surface area (Å²) < 4.78 is 2.15. The monoisotopic (exact) mass is 288 g/mol. The number of nitriles is 1. The Labute approximate surface area is 129 Å². The van der Waals surface area contributed by atoms with Crippen molar-refractivity contribution in [2.75, 3.05) is 13.1 Å². The maximum absolute atomic E-state index is 9.01. The predicted molar refractivity (Wildman–Crippen MR) is 85.2 cm³/mol. The Hall–Kier alpha value is -2.80. The summed E-state index contributed by atoms with van der Waals surface area (Å²) in [5.74, 6) is 0.386. The zero-order chi connectivity index (χ0) is 14.9. The summed E-state index contributed by atoms with van der Waals surface area (Å²) in [5.41, 5.74) is 4.54. The van der Waals surface area contributed by atoms with E-state index < -0.39 is 0 Å². The van der Waals surface area contributed by atoms with E-state index in [1.54, 1.807) is 0 Å². The molecule has 0 radical (unpaired) electrons. The molecule has 0 N–H and O–H groups in total. The molecule has 2 aromatic heterocycles. The normalized spacial score (nSPS) is 17.8. The molecule has 0 amide bonds. The van der Waals surface area contributed by atoms with Gasteiger partial charge in [-0.3, -0.25) is 0 Å². The van der Waals surface area contributed by atoms with E-state index in [4.69, 9.17) is 5.26 Å². The zero-order valence-electron chi connectivity index (χ0n) is 12.2. The summed E-state index contributed by atoms with van der Waals surface area (Å²) in [6.07, 6.45) is 7.30. The minimum atomic E-state index is 0.386. The van der Waals surface area contributed by atoms with Crippen molar-refractivity contribution in [3.8, 4) is 17.3 Å². The van der Waals surface area contributed by atoms with Crippen LogP contribution in [0.1, 0.15) is 18.0 Å². The van der Waals surface area contributed by atoms with Gasteiger partial charge in [0.1, 0.15) is 5.65 Å². The molecular weight excluding hydrogens is 272 g/mol. The second-order valence-electron chi connectivity index (χ2n) is 5.72. The van der Waals surface area contributed by atoms with Crippen LogP contribution in [0.2, 0.25) is 0 Å². The van der Waals surface area contributed by atoms with Crippen LogP contribution in [0.3, 0.4) is 0 Å². The molecule has 1 aromatic carbocycles. The molecule has 4 rings (SSSR count). The van der Waals surface area contributed by atoms with Crippen molar-refractivity contribution < 1.29 is 0 Å². The Bertz CT molecular complexity index is 844. The first-order valence-corrected chi connectivity index (χ1v) is 7.52. The molecular formula is C18H16N4. The lowest BCUT2D eigenvalue weighted by molar-refractivity contribution is 0.477. The van der Waals surface area contributed by atoms with Gasteiger partial charge in [0.25, 0.3) is 0 Å². The minimum absolute atomic E-state index is 0.386. The third-order valence-electron chi connectivity index (χ3n) is 4.40. The number of rotatable bonds is 2. The second-order valence-corrected chi connectivity index (χ2v) is 5.72. The van der Waals surface area contributed by atoms with Crippen LogP contribution >= 0.6 is 0 Å². The number of pyridine rings is 1. The van der Waals surface area contributed by atoms with Gasteiger partial charge in [-0.2, -0.15) is 5.26 Å². The fourth-order valence-corrected chi connectivity index (χ4v) is 3.21. The van der Waals surface area contributed by atoms with Crippen molar-refractivity contribution in [2.24, 2.45) is 0 Å². The van der Waals surface area contributed by atoms with Crippen molar-refractivity contribution in [3.63, 3.8) is 0 Å². The molecule has 4 nitrogen and oxygen atoms in total. The first kappa shape index (κ1) is 12.9. The van der Waals surface area contributed by atoms with E-state index in [0.29, 0.717) is 5.92 Å². The SMILES string of the molecule is N#CN1CCC(c2cnc3cc(-c4ccccc4)ccn23)C1. The predicted octanol–water partition coefficient (Wildman–Crippen LogP) is 3.27. The topological polar surface area (TPSA) is 44.3 Å². The fourth-order valence-electron chi connectivity index (χ4n) is 3.21. The van der Waals surface area contributed by atoms with Crippen LogP contribution in [-0.4, -0.2) is 27.4 Å². The average Bonchev–Trinajstić information content (AvgIpc) is 3.21. The van der Waals surface area contributed by atoms with E-state index in [0.717, 1.165) is 25.2 Å². The van der Waals surface area contributed by atoms with Gasteiger partial charge in [0.05, 0.1) is 0 Å². The maximum atomic E-state index is 9.01. The van der Waals surface area contributed by atoms with Crippen LogP contribution < -0.4 is 0 Å². The van der Waals surface area contributed by atoms with Gasteiger partial charge in [0, 0.05) is 37.1 Å². The molecule has 3 heterocycles. The summed E-state index contributed by atoms with van der Waals surface area (Å²) in [5, 5.41) is 9.01. The quantitative estimate of drug-likeness (QED) is 0.680. The van der Waals surface area contributed by atoms with Gasteiger partial charge in [0.15, 0.2) is 6.19 Å². The second kappa shape index (κ2) is 5.19. The molecule has 0 saturated carbocycles. The lowest BCUT2D eigenvalue weighted by atomic mass is 10.1. The van der Waals surface area contributed by atoms with Gasteiger partial charge in [-0.05, 0) is 29.7 Å². The van der Waals surface area contributed by atoms with Crippen LogP contribution in [0.25, 0.3) is 16.8 Å². The molecule has 0 spiro atoms. The van der Waals surface area contributed by atoms with Gasteiger partial charge < -0.3 is 9.30 Å². The number of benzene rings is 1. The number of likely N-dealkylation sites (tertiary alicyclic amines) is 1. The van der Waals surface area contributed by atoms with Crippen LogP contribution in [0.4, 0.5) is 0 Å². The molecule has 108 valence electrons. The Morgan fingerprint density at radius 2 is 2.00 bits per heavy atom. The Balaban J connectivity index is 1.71. The Morgan fingerprint density at radius 3 is 2.77 bits per heavy atom. The molecule has 4 heteroatoms. The average molecular weight is 288 g/mol. The van der Waals surface area contributed by atoms with Crippen LogP contribution in [-0.2, 0) is 0 Å². The minimum Gasteiger partial charge on any atom is -0.310 e. The first-order chi connectivity index (χ1) is 10.8. The Kier molecular flexibility index (Phi) is 3.05. The highest BCUT2D eigenvalue weighted by atomic mass is 15.1. The van der Waals surface area contributed by atoms with Gasteiger partial charge in [-0.1, -0.05) is 30.3 Å². The third kappa shape index (κ3) is 2.11. The van der Waals surface area contributed by atoms with Gasteiger partial charge >= 0.3 is 0 Å². The molecule has 1 aliphatic rings. The van der Waals surface area contributed by atoms with E-state index in [2.05, 4.69) is 46.0 Å². The first-order valence-electron chi connectivity index (χ1n) is 7.52. The van der Waals surface area contributed by atoms with Crippen LogP contribution in [0.5, 0.6) is 0 Å². The molecule has 1 atom stereocenters. The number of hydrogen-bond donors (Lipinski definition) is 0. The maximum Gasteiger partial charge on any atom is 0.179 e. The highest BCUT2D eigenvalue weighted by Gasteiger charge is 2.25. The summed E-state index contributed by atoms with van der Waals surface area (Å²) >= 11 is 0. The lowest BCUT2D eigenvalue weighted by Crippen LogP contribution is -2.13. The fraction of sp³-hybridized carbons (Fsp3) is 0.222. The smallest absolute Gasteiger partial charge is 0.179 e. The number of imidazole rings is 1. The molecule has 0 bridgehead atoms. The van der Waals surface area contributed by atoms with E-state index in [-0.39, 0.29) is 0 Å². The third-order valence-corrected chi connectivity index (χ3v) is 4.40. The highest BCUT2D eigenvalue weighted by molar-refractivity contribution is 5.67. The zero-order valence-corrected chi connectivity index (χ0v) is 12.2. The summed E-state index contributed by atoms with van der Waals surface area (Å²) in [6.45, 7) is 1.64. The largest absolute Gasteiger partial charge is 0.310 e. The van der Waals surface area contributed by atoms with Crippen molar-refractivity contribution >= 4 is 5.65 Å². The van der Waals surface area contributed by atoms with Crippen molar-refractivity contribution in [1.29, 1.82) is 5.26 Å². The number of hydrogen-bond acceptors (Lipinski definition) is 3. The molecule has 1 aliphatic heterocycles. The molecule has 0 aliphatic carbocycles. The van der Waals surface area contributed by atoms with Crippen LogP contribution in [0.15, 0.2) is 54.9 Å². The number of aromatic nitrogens is 2. The lowest BCUT2D eigenvalue weighted by Gasteiger charge is -2.10. The van der Waals surface area contributed by atoms with Crippen molar-refractivity contribution in [1.82, 2.24) is 14.3 Å². The van der Waals surface area contributed by atoms with Gasteiger partial charge in [-0.25, -0.2) is 4.98 Å². The van der Waals surface area contributed by atoms with E-state index in [9.17, 15) is 0 Å². The van der Waals surface area contributed by atoms with Crippen molar-refractivity contribution in [2.45, 2.75) is 12.3 Å². The molecule has 1 saturated heterocycles. The summed E-state index contributed by atoms with van der Waals surface area (Å²) in [4.78, 5) is 6.38. The van der Waals surface area contributed by atoms with Gasteiger partial charge in [0.2, 0.25) is 0 Å². The van der Waals surface area contributed by atoms with E-state index in [1.165, 1.54) is 16.8 Å². The molecule has 22 heavy (non-hydrogen) atoms. The standard InChI is InChI=1S/C18H16N4/c19-13-21-8-6-16(12-21)17-11-20-18-10-15(7-9-22(17)18)14-4-2-1-3-5-14/h1-5,7,9-11,16H,6,8,12H2. The van der Waals surface area contributed by atoms with E-state index in [1.807, 2.05) is 29.3 Å². The Morgan fingerprint density at radius 1 is 1.14 bits per heavy atom. The highest BCUT2D eigenvalue weighted by Crippen LogP contribution is 2.28.